The zero-order valence-electron chi connectivity index (χ0n) is 14.2. The standard InChI is InChI=1S/C17H33NO3S.Na.H/c1-3-4-5-6-7-8-9-10-11-12-16(19)18-15(17(20)21)13-14-22-2;;/h15H,3-14H2,1-2H3,(H,18,19)(H,20,21);;/t15-;;/m0../s1. The van der Waals surface area contributed by atoms with Gasteiger partial charge >= 0.3 is 35.5 Å². The Morgan fingerprint density at radius 1 is 1.00 bits per heavy atom. The van der Waals surface area contributed by atoms with E-state index in [1.165, 1.54) is 44.9 Å². The van der Waals surface area contributed by atoms with Crippen molar-refractivity contribution in [2.75, 3.05) is 12.0 Å². The summed E-state index contributed by atoms with van der Waals surface area (Å²) in [5.74, 6) is -0.319. The van der Waals surface area contributed by atoms with Crippen molar-refractivity contribution in [1.29, 1.82) is 0 Å². The van der Waals surface area contributed by atoms with Gasteiger partial charge in [-0.3, -0.25) is 4.79 Å². The monoisotopic (exact) mass is 355 g/mol. The molecule has 132 valence electrons. The third kappa shape index (κ3) is 16.9. The molecule has 0 aliphatic carbocycles. The van der Waals surface area contributed by atoms with Crippen molar-refractivity contribution < 1.29 is 14.7 Å². The Kier molecular flexibility index (Phi) is 20.7. The third-order valence-electron chi connectivity index (χ3n) is 3.75. The molecule has 0 rings (SSSR count). The maximum atomic E-state index is 11.7. The fourth-order valence-corrected chi connectivity index (χ4v) is 2.83. The fraction of sp³-hybridized carbons (Fsp3) is 0.882. The van der Waals surface area contributed by atoms with Gasteiger partial charge in [-0.2, -0.15) is 11.8 Å². The molecule has 0 aromatic heterocycles. The summed E-state index contributed by atoms with van der Waals surface area (Å²) in [6.45, 7) is 2.22. The molecule has 0 radical (unpaired) electrons. The van der Waals surface area contributed by atoms with Crippen molar-refractivity contribution in [3.05, 3.63) is 0 Å². The number of carbonyl (C=O) groups is 2. The number of carboxylic acid groups (broad SMARTS) is 1. The molecule has 2 N–H and O–H groups in total. The van der Waals surface area contributed by atoms with Gasteiger partial charge in [0, 0.05) is 6.42 Å². The number of carboxylic acids is 1. The Bertz CT molecular complexity index is 304. The first-order valence-electron chi connectivity index (χ1n) is 8.63. The molecule has 1 atom stereocenters. The molecule has 0 saturated carbocycles. The third-order valence-corrected chi connectivity index (χ3v) is 4.40. The predicted octanol–water partition coefficient (Wildman–Crippen LogP) is 3.58. The number of amides is 1. The summed E-state index contributed by atoms with van der Waals surface area (Å²) in [5, 5.41) is 11.7. The van der Waals surface area contributed by atoms with Crippen molar-refractivity contribution in [2.24, 2.45) is 0 Å². The van der Waals surface area contributed by atoms with Gasteiger partial charge in [-0.15, -0.1) is 0 Å². The number of unbranched alkanes of at least 4 members (excludes halogenated alkanes) is 8. The Morgan fingerprint density at radius 2 is 1.52 bits per heavy atom. The SMILES string of the molecule is CCCCCCCCCCCC(=O)N[C@@H](CCSC)C(=O)O.[NaH]. The number of aliphatic carboxylic acids is 1. The van der Waals surface area contributed by atoms with E-state index in [4.69, 9.17) is 5.11 Å². The number of rotatable bonds is 15. The number of thioether (sulfide) groups is 1. The van der Waals surface area contributed by atoms with Crippen LogP contribution in [0, 0.1) is 0 Å². The predicted molar refractivity (Wildman–Crippen MR) is 102 cm³/mol. The number of hydrogen-bond acceptors (Lipinski definition) is 3. The van der Waals surface area contributed by atoms with Gasteiger partial charge in [-0.05, 0) is 24.9 Å². The fourth-order valence-electron chi connectivity index (χ4n) is 2.36. The van der Waals surface area contributed by atoms with Crippen LogP contribution in [-0.4, -0.2) is 64.6 Å². The van der Waals surface area contributed by atoms with E-state index in [2.05, 4.69) is 12.2 Å². The molecule has 0 spiro atoms. The van der Waals surface area contributed by atoms with Crippen LogP contribution in [0.25, 0.3) is 0 Å². The van der Waals surface area contributed by atoms with Gasteiger partial charge in [0.1, 0.15) is 6.04 Å². The van der Waals surface area contributed by atoms with Gasteiger partial charge < -0.3 is 10.4 Å². The van der Waals surface area contributed by atoms with Crippen molar-refractivity contribution in [2.45, 2.75) is 83.6 Å². The Hall–Kier alpha value is 0.290. The van der Waals surface area contributed by atoms with E-state index in [0.29, 0.717) is 12.8 Å². The number of nitrogens with one attached hydrogen (secondary N) is 1. The summed E-state index contributed by atoms with van der Waals surface area (Å²) in [6.07, 6.45) is 13.8. The Balaban J connectivity index is 0. The summed E-state index contributed by atoms with van der Waals surface area (Å²) in [7, 11) is 0. The first kappa shape index (κ1) is 25.5. The zero-order chi connectivity index (χ0) is 16.6. The van der Waals surface area contributed by atoms with Crippen LogP contribution in [0.2, 0.25) is 0 Å². The average molecular weight is 356 g/mol. The van der Waals surface area contributed by atoms with E-state index in [1.54, 1.807) is 11.8 Å². The van der Waals surface area contributed by atoms with E-state index in [-0.39, 0.29) is 35.5 Å². The molecular weight excluding hydrogens is 321 g/mol. The quantitative estimate of drug-likeness (QED) is 0.348. The molecule has 4 nitrogen and oxygen atoms in total. The van der Waals surface area contributed by atoms with Crippen LogP contribution in [0.5, 0.6) is 0 Å². The van der Waals surface area contributed by atoms with Crippen LogP contribution >= 0.6 is 11.8 Å². The van der Waals surface area contributed by atoms with Crippen LogP contribution in [0.15, 0.2) is 0 Å². The van der Waals surface area contributed by atoms with E-state index in [9.17, 15) is 9.59 Å². The van der Waals surface area contributed by atoms with E-state index >= 15 is 0 Å². The first-order chi connectivity index (χ1) is 10.6. The molecule has 1 amide bonds. The first-order valence-corrected chi connectivity index (χ1v) is 10.0. The van der Waals surface area contributed by atoms with Gasteiger partial charge in [0.25, 0.3) is 0 Å². The second-order valence-corrected chi connectivity index (χ2v) is 6.80. The van der Waals surface area contributed by atoms with Gasteiger partial charge in [0.2, 0.25) is 5.91 Å². The normalized spacial score (nSPS) is 11.6. The molecule has 0 fully saturated rings. The molecule has 0 aliphatic rings. The van der Waals surface area contributed by atoms with Crippen LogP contribution in [0.3, 0.4) is 0 Å². The summed E-state index contributed by atoms with van der Waals surface area (Å²) >= 11 is 1.59. The Labute approximate surface area is 168 Å². The minimum absolute atomic E-state index is 0. The molecule has 23 heavy (non-hydrogen) atoms. The zero-order valence-corrected chi connectivity index (χ0v) is 15.1. The van der Waals surface area contributed by atoms with Crippen molar-refractivity contribution in [3.8, 4) is 0 Å². The van der Waals surface area contributed by atoms with Crippen molar-refractivity contribution in [3.63, 3.8) is 0 Å². The molecular formula is C17H34NNaO3S. The van der Waals surface area contributed by atoms with Crippen LogP contribution in [-0.2, 0) is 9.59 Å². The summed E-state index contributed by atoms with van der Waals surface area (Å²) in [5.41, 5.74) is 0. The average Bonchev–Trinajstić information content (AvgIpc) is 2.49. The molecule has 0 unspecified atom stereocenters. The molecule has 0 bridgehead atoms. The van der Waals surface area contributed by atoms with Gasteiger partial charge in [0.15, 0.2) is 0 Å². The van der Waals surface area contributed by atoms with Gasteiger partial charge in [-0.1, -0.05) is 58.3 Å². The second-order valence-electron chi connectivity index (χ2n) is 5.82. The van der Waals surface area contributed by atoms with Crippen molar-refractivity contribution in [1.82, 2.24) is 5.32 Å². The maximum absolute atomic E-state index is 11.7. The second kappa shape index (κ2) is 18.6. The van der Waals surface area contributed by atoms with Crippen LogP contribution in [0.1, 0.15) is 77.6 Å². The molecule has 0 aromatic carbocycles. The molecule has 0 saturated heterocycles. The topological polar surface area (TPSA) is 66.4 Å². The van der Waals surface area contributed by atoms with E-state index in [1.807, 2.05) is 6.26 Å². The minimum atomic E-state index is -0.936. The molecule has 0 aliphatic heterocycles. The molecule has 6 heteroatoms. The van der Waals surface area contributed by atoms with E-state index < -0.39 is 12.0 Å². The molecule has 0 aromatic rings. The Morgan fingerprint density at radius 3 is 2.00 bits per heavy atom. The van der Waals surface area contributed by atoms with Gasteiger partial charge in [-0.25, -0.2) is 4.79 Å². The summed E-state index contributed by atoms with van der Waals surface area (Å²) < 4.78 is 0. The summed E-state index contributed by atoms with van der Waals surface area (Å²) in [4.78, 5) is 22.8. The summed E-state index contributed by atoms with van der Waals surface area (Å²) in [6, 6.07) is -0.737. The number of hydrogen-bond donors (Lipinski definition) is 2. The van der Waals surface area contributed by atoms with Crippen LogP contribution < -0.4 is 5.32 Å². The number of carbonyl (C=O) groups excluding carboxylic acids is 1. The van der Waals surface area contributed by atoms with Gasteiger partial charge in [0.05, 0.1) is 0 Å². The van der Waals surface area contributed by atoms with Crippen molar-refractivity contribution >= 4 is 53.2 Å². The van der Waals surface area contributed by atoms with E-state index in [0.717, 1.165) is 18.6 Å². The molecule has 0 heterocycles. The van der Waals surface area contributed by atoms with Crippen LogP contribution in [0.4, 0.5) is 0 Å².